The van der Waals surface area contributed by atoms with E-state index in [1.165, 1.54) is 6.20 Å². The van der Waals surface area contributed by atoms with Crippen LogP contribution in [0, 0.1) is 0 Å². The number of benzene rings is 1. The summed E-state index contributed by atoms with van der Waals surface area (Å²) in [5.74, 6) is -1.22. The molecule has 0 saturated carbocycles. The van der Waals surface area contributed by atoms with Crippen molar-refractivity contribution in [3.8, 4) is 0 Å². The molecule has 6 heteroatoms. The fourth-order valence-electron chi connectivity index (χ4n) is 2.42. The summed E-state index contributed by atoms with van der Waals surface area (Å²) in [5.41, 5.74) is 8.35. The van der Waals surface area contributed by atoms with Crippen molar-refractivity contribution in [2.75, 3.05) is 5.73 Å². The Hall–Kier alpha value is -2.89. The van der Waals surface area contributed by atoms with E-state index in [1.54, 1.807) is 35.2 Å². The number of anilines is 1. The number of rotatable bonds is 2. The Balaban J connectivity index is 1.86. The number of carboxylic acids is 1. The average Bonchev–Trinajstić information content (AvgIpc) is 2.89. The maximum absolute atomic E-state index is 12.4. The zero-order chi connectivity index (χ0) is 15.0. The number of carboxylic acid groups (broad SMARTS) is 1. The molecule has 0 unspecified atom stereocenters. The summed E-state index contributed by atoms with van der Waals surface area (Å²) in [6.07, 6.45) is 1.52. The predicted molar refractivity (Wildman–Crippen MR) is 75.6 cm³/mol. The lowest BCUT2D eigenvalue weighted by atomic mass is 10.1. The van der Waals surface area contributed by atoms with E-state index in [0.717, 1.165) is 11.1 Å². The van der Waals surface area contributed by atoms with Crippen molar-refractivity contribution < 1.29 is 14.7 Å². The molecule has 0 fully saturated rings. The summed E-state index contributed by atoms with van der Waals surface area (Å²) in [7, 11) is 0. The molecule has 0 saturated heterocycles. The number of nitrogens with zero attached hydrogens (tertiary/aromatic N) is 2. The van der Waals surface area contributed by atoms with Crippen LogP contribution in [0.4, 0.5) is 5.69 Å². The van der Waals surface area contributed by atoms with Gasteiger partial charge in [0.1, 0.15) is 0 Å². The fraction of sp³-hybridized carbons (Fsp3) is 0.133. The molecule has 0 bridgehead atoms. The number of hydrogen-bond acceptors (Lipinski definition) is 4. The van der Waals surface area contributed by atoms with Crippen molar-refractivity contribution in [1.82, 2.24) is 9.88 Å². The number of aromatic nitrogens is 1. The van der Waals surface area contributed by atoms with Crippen LogP contribution < -0.4 is 5.73 Å². The Morgan fingerprint density at radius 3 is 2.67 bits per heavy atom. The van der Waals surface area contributed by atoms with Crippen LogP contribution in [0.5, 0.6) is 0 Å². The monoisotopic (exact) mass is 283 g/mol. The molecule has 2 heterocycles. The van der Waals surface area contributed by atoms with Crippen LogP contribution in [-0.2, 0) is 13.1 Å². The summed E-state index contributed by atoms with van der Waals surface area (Å²) >= 11 is 0. The third kappa shape index (κ3) is 2.31. The van der Waals surface area contributed by atoms with Gasteiger partial charge in [0.25, 0.3) is 5.91 Å². The van der Waals surface area contributed by atoms with Crippen molar-refractivity contribution in [1.29, 1.82) is 0 Å². The van der Waals surface area contributed by atoms with Gasteiger partial charge in [0.05, 0.1) is 11.3 Å². The number of pyridine rings is 1. The van der Waals surface area contributed by atoms with E-state index in [-0.39, 0.29) is 17.2 Å². The highest BCUT2D eigenvalue weighted by Gasteiger charge is 2.26. The molecule has 2 aromatic rings. The first kappa shape index (κ1) is 13.1. The van der Waals surface area contributed by atoms with Crippen LogP contribution in [0.2, 0.25) is 0 Å². The summed E-state index contributed by atoms with van der Waals surface area (Å²) < 4.78 is 0. The Morgan fingerprint density at radius 1 is 1.19 bits per heavy atom. The van der Waals surface area contributed by atoms with Gasteiger partial charge in [0.2, 0.25) is 0 Å². The van der Waals surface area contributed by atoms with E-state index in [9.17, 15) is 9.59 Å². The SMILES string of the molecule is Nc1cccnc1C(=O)N1Cc2ccc(C(=O)O)cc2C1. The van der Waals surface area contributed by atoms with Gasteiger partial charge >= 0.3 is 5.97 Å². The number of nitrogens with two attached hydrogens (primary N) is 1. The molecule has 1 aliphatic rings. The number of hydrogen-bond donors (Lipinski definition) is 2. The second kappa shape index (κ2) is 4.90. The van der Waals surface area contributed by atoms with Gasteiger partial charge in [0.15, 0.2) is 5.69 Å². The van der Waals surface area contributed by atoms with Gasteiger partial charge < -0.3 is 15.7 Å². The van der Waals surface area contributed by atoms with Gasteiger partial charge in [-0.3, -0.25) is 4.79 Å². The normalized spacial score (nSPS) is 13.0. The molecule has 0 spiro atoms. The van der Waals surface area contributed by atoms with Crippen LogP contribution in [0.3, 0.4) is 0 Å². The van der Waals surface area contributed by atoms with Crippen LogP contribution in [-0.4, -0.2) is 26.9 Å². The lowest BCUT2D eigenvalue weighted by Gasteiger charge is -2.15. The first-order chi connectivity index (χ1) is 10.1. The molecule has 3 N–H and O–H groups in total. The summed E-state index contributed by atoms with van der Waals surface area (Å²) in [4.78, 5) is 29.0. The number of amides is 1. The molecule has 1 aromatic carbocycles. The molecule has 1 aromatic heterocycles. The Morgan fingerprint density at radius 2 is 1.95 bits per heavy atom. The van der Waals surface area contributed by atoms with E-state index in [1.807, 2.05) is 0 Å². The summed E-state index contributed by atoms with van der Waals surface area (Å²) in [6, 6.07) is 8.20. The first-order valence-electron chi connectivity index (χ1n) is 6.41. The second-order valence-corrected chi connectivity index (χ2v) is 4.89. The molecule has 6 nitrogen and oxygen atoms in total. The quantitative estimate of drug-likeness (QED) is 0.871. The van der Waals surface area contributed by atoms with Gasteiger partial charge in [-0.15, -0.1) is 0 Å². The Labute approximate surface area is 120 Å². The maximum Gasteiger partial charge on any atom is 0.335 e. The van der Waals surface area contributed by atoms with Crippen LogP contribution >= 0.6 is 0 Å². The highest BCUT2D eigenvalue weighted by atomic mass is 16.4. The van der Waals surface area contributed by atoms with E-state index >= 15 is 0 Å². The van der Waals surface area contributed by atoms with E-state index in [0.29, 0.717) is 18.8 Å². The van der Waals surface area contributed by atoms with Gasteiger partial charge in [-0.1, -0.05) is 6.07 Å². The molecule has 1 amide bonds. The Kier molecular flexibility index (Phi) is 3.06. The predicted octanol–water partition coefficient (Wildman–Crippen LogP) is 1.52. The fourth-order valence-corrected chi connectivity index (χ4v) is 2.42. The minimum atomic E-state index is -0.975. The van der Waals surface area contributed by atoms with Crippen molar-refractivity contribution in [3.63, 3.8) is 0 Å². The third-order valence-corrected chi connectivity index (χ3v) is 3.50. The summed E-state index contributed by atoms with van der Waals surface area (Å²) in [6.45, 7) is 0.801. The maximum atomic E-state index is 12.4. The largest absolute Gasteiger partial charge is 0.478 e. The lowest BCUT2D eigenvalue weighted by Crippen LogP contribution is -2.27. The van der Waals surface area contributed by atoms with Crippen molar-refractivity contribution >= 4 is 17.6 Å². The number of aromatic carboxylic acids is 1. The van der Waals surface area contributed by atoms with Crippen LogP contribution in [0.15, 0.2) is 36.5 Å². The van der Waals surface area contributed by atoms with Crippen molar-refractivity contribution in [2.45, 2.75) is 13.1 Å². The van der Waals surface area contributed by atoms with Crippen molar-refractivity contribution in [2.24, 2.45) is 0 Å². The standard InChI is InChI=1S/C15H13N3O3/c16-12-2-1-5-17-13(12)14(19)18-7-10-4-3-9(15(20)21)6-11(10)8-18/h1-6H,7-8,16H2,(H,20,21). The first-order valence-corrected chi connectivity index (χ1v) is 6.41. The summed E-state index contributed by atoms with van der Waals surface area (Å²) in [5, 5.41) is 9.00. The molecular weight excluding hydrogens is 270 g/mol. The number of nitrogen functional groups attached to an aromatic ring is 1. The van der Waals surface area contributed by atoms with E-state index in [2.05, 4.69) is 4.98 Å². The van der Waals surface area contributed by atoms with E-state index < -0.39 is 5.97 Å². The number of carbonyl (C=O) groups is 2. The minimum Gasteiger partial charge on any atom is -0.478 e. The average molecular weight is 283 g/mol. The smallest absolute Gasteiger partial charge is 0.335 e. The molecule has 0 aliphatic carbocycles. The molecule has 1 aliphatic heterocycles. The van der Waals surface area contributed by atoms with Crippen LogP contribution in [0.25, 0.3) is 0 Å². The second-order valence-electron chi connectivity index (χ2n) is 4.89. The number of fused-ring (bicyclic) bond motifs is 1. The Bertz CT molecular complexity index is 743. The number of carbonyl (C=O) groups excluding carboxylic acids is 1. The molecule has 0 radical (unpaired) electrons. The van der Waals surface area contributed by atoms with Crippen LogP contribution in [0.1, 0.15) is 32.0 Å². The van der Waals surface area contributed by atoms with Gasteiger partial charge in [0, 0.05) is 19.3 Å². The molecule has 0 atom stereocenters. The van der Waals surface area contributed by atoms with Crippen molar-refractivity contribution in [3.05, 3.63) is 58.9 Å². The third-order valence-electron chi connectivity index (χ3n) is 3.50. The minimum absolute atomic E-state index is 0.223. The topological polar surface area (TPSA) is 96.5 Å². The zero-order valence-corrected chi connectivity index (χ0v) is 11.1. The highest BCUT2D eigenvalue weighted by molar-refractivity contribution is 5.97. The van der Waals surface area contributed by atoms with Gasteiger partial charge in [-0.05, 0) is 35.4 Å². The molecule has 3 rings (SSSR count). The highest BCUT2D eigenvalue weighted by Crippen LogP contribution is 2.26. The molecule has 106 valence electrons. The molecule has 21 heavy (non-hydrogen) atoms. The van der Waals surface area contributed by atoms with E-state index in [4.69, 9.17) is 10.8 Å². The lowest BCUT2D eigenvalue weighted by molar-refractivity contribution is 0.0696. The van der Waals surface area contributed by atoms with Gasteiger partial charge in [-0.2, -0.15) is 0 Å². The van der Waals surface area contributed by atoms with Gasteiger partial charge in [-0.25, -0.2) is 9.78 Å². The zero-order valence-electron chi connectivity index (χ0n) is 11.1. The molecular formula is C15H13N3O3.